The quantitative estimate of drug-likeness (QED) is 0.330. The largest absolute Gasteiger partial charge is 0.454 e. The van der Waals surface area contributed by atoms with Gasteiger partial charge in [0.05, 0.1) is 12.0 Å². The fraction of sp³-hybridized carbons (Fsp3) is 0.957. The van der Waals surface area contributed by atoms with Gasteiger partial charge in [-0.05, 0) is 40.0 Å². The van der Waals surface area contributed by atoms with E-state index >= 15 is 0 Å². The van der Waals surface area contributed by atoms with E-state index < -0.39 is 42.1 Å². The lowest BCUT2D eigenvalue weighted by Crippen LogP contribution is -2.62. The summed E-state index contributed by atoms with van der Waals surface area (Å²) >= 11 is 0. The van der Waals surface area contributed by atoms with Crippen molar-refractivity contribution in [2.24, 2.45) is 5.41 Å². The lowest BCUT2D eigenvalue weighted by atomic mass is 9.95. The minimum Gasteiger partial charge on any atom is -0.454 e. The third kappa shape index (κ3) is 9.18. The number of unbranched alkanes of at least 4 members (excludes halogenated alkanes) is 3. The zero-order valence-corrected chi connectivity index (χ0v) is 19.9. The summed E-state index contributed by atoms with van der Waals surface area (Å²) in [5, 5.41) is 10.7. The van der Waals surface area contributed by atoms with Crippen molar-refractivity contribution in [1.82, 2.24) is 0 Å². The van der Waals surface area contributed by atoms with Crippen LogP contribution in [0.3, 0.4) is 0 Å². The highest BCUT2D eigenvalue weighted by Crippen LogP contribution is 2.30. The molecule has 1 fully saturated rings. The van der Waals surface area contributed by atoms with Crippen LogP contribution in [0, 0.1) is 5.41 Å². The molecule has 0 aromatic heterocycles. The number of hydrogen-bond donors (Lipinski definition) is 1. The molecule has 1 aliphatic heterocycles. The smallest absolute Gasteiger partial charge is 0.311 e. The third-order valence-electron chi connectivity index (χ3n) is 5.01. The van der Waals surface area contributed by atoms with Gasteiger partial charge in [0.15, 0.2) is 12.4 Å². The van der Waals surface area contributed by atoms with E-state index in [1.165, 1.54) is 0 Å². The number of aliphatic hydroxyl groups excluding tert-OH is 1. The van der Waals surface area contributed by atoms with Gasteiger partial charge in [-0.2, -0.15) is 0 Å². The first-order valence-electron chi connectivity index (χ1n) is 11.6. The minimum atomic E-state index is -1.30. The number of aliphatic hydroxyl groups is 1. The topological polar surface area (TPSA) is 83.5 Å². The summed E-state index contributed by atoms with van der Waals surface area (Å²) in [5.74, 6) is -0.413. The van der Waals surface area contributed by atoms with Gasteiger partial charge in [-0.15, -0.1) is 0 Å². The predicted octanol–water partition coefficient (Wildman–Crippen LogP) is 3.85. The molecule has 178 valence electrons. The van der Waals surface area contributed by atoms with Crippen LogP contribution in [0.5, 0.6) is 0 Å². The van der Waals surface area contributed by atoms with E-state index in [4.69, 9.17) is 23.7 Å². The highest BCUT2D eigenvalue weighted by Gasteiger charge is 2.49. The fourth-order valence-electron chi connectivity index (χ4n) is 3.02. The summed E-state index contributed by atoms with van der Waals surface area (Å²) in [6.45, 7) is 13.6. The number of esters is 1. The van der Waals surface area contributed by atoms with Crippen molar-refractivity contribution in [2.45, 2.75) is 111 Å². The SMILES string of the molecule is CCCCOCC1OC(O)C(OC(=O)C(C)(C)C)C(OCCCC)[C@@H]1OCCCC. The normalized spacial score (nSPS) is 27.2. The van der Waals surface area contributed by atoms with E-state index in [0.717, 1.165) is 38.5 Å². The summed E-state index contributed by atoms with van der Waals surface area (Å²) in [5.41, 5.74) is -0.702. The first kappa shape index (κ1) is 27.3. The summed E-state index contributed by atoms with van der Waals surface area (Å²) in [6.07, 6.45) is 1.88. The van der Waals surface area contributed by atoms with Gasteiger partial charge in [0.2, 0.25) is 0 Å². The van der Waals surface area contributed by atoms with Crippen molar-refractivity contribution in [3.8, 4) is 0 Å². The maximum atomic E-state index is 12.5. The Kier molecular flexibility index (Phi) is 13.1. The molecule has 1 aliphatic rings. The second-order valence-electron chi connectivity index (χ2n) is 8.99. The molecule has 30 heavy (non-hydrogen) atoms. The molecule has 0 amide bonds. The van der Waals surface area contributed by atoms with Crippen LogP contribution in [-0.2, 0) is 28.5 Å². The number of hydrogen-bond acceptors (Lipinski definition) is 7. The Labute approximate surface area is 182 Å². The summed E-state index contributed by atoms with van der Waals surface area (Å²) in [7, 11) is 0. The number of ether oxygens (including phenoxy) is 5. The van der Waals surface area contributed by atoms with Crippen LogP contribution in [0.2, 0.25) is 0 Å². The molecule has 1 saturated heterocycles. The summed E-state index contributed by atoms with van der Waals surface area (Å²) in [6, 6.07) is 0. The zero-order valence-electron chi connectivity index (χ0n) is 19.9. The van der Waals surface area contributed by atoms with Crippen molar-refractivity contribution in [3.63, 3.8) is 0 Å². The molecule has 0 aliphatic carbocycles. The molecule has 0 radical (unpaired) electrons. The second kappa shape index (κ2) is 14.4. The minimum absolute atomic E-state index is 0.293. The van der Waals surface area contributed by atoms with Gasteiger partial charge >= 0.3 is 5.97 Å². The van der Waals surface area contributed by atoms with Gasteiger partial charge in [-0.1, -0.05) is 40.0 Å². The Morgan fingerprint density at radius 2 is 1.40 bits per heavy atom. The molecule has 0 bridgehead atoms. The van der Waals surface area contributed by atoms with Crippen LogP contribution in [-0.4, -0.2) is 68.2 Å². The van der Waals surface area contributed by atoms with Gasteiger partial charge < -0.3 is 28.8 Å². The van der Waals surface area contributed by atoms with Gasteiger partial charge in [0.25, 0.3) is 0 Å². The zero-order chi connectivity index (χ0) is 22.6. The van der Waals surface area contributed by atoms with Crippen molar-refractivity contribution >= 4 is 5.97 Å². The van der Waals surface area contributed by atoms with E-state index in [2.05, 4.69) is 20.8 Å². The average molecular weight is 433 g/mol. The highest BCUT2D eigenvalue weighted by atomic mass is 16.7. The molecule has 4 unspecified atom stereocenters. The average Bonchev–Trinajstić information content (AvgIpc) is 2.68. The molecule has 0 saturated carbocycles. The molecule has 7 heteroatoms. The lowest BCUT2D eigenvalue weighted by molar-refractivity contribution is -0.308. The molecule has 0 spiro atoms. The van der Waals surface area contributed by atoms with Crippen LogP contribution >= 0.6 is 0 Å². The first-order chi connectivity index (χ1) is 14.3. The number of carbonyl (C=O) groups is 1. The molecular formula is C23H44O7. The second-order valence-corrected chi connectivity index (χ2v) is 8.99. The first-order valence-corrected chi connectivity index (χ1v) is 11.6. The number of carbonyl (C=O) groups excluding carboxylic acids is 1. The molecule has 7 nitrogen and oxygen atoms in total. The third-order valence-corrected chi connectivity index (χ3v) is 5.01. The van der Waals surface area contributed by atoms with Gasteiger partial charge in [0.1, 0.15) is 18.3 Å². The van der Waals surface area contributed by atoms with Crippen LogP contribution in [0.25, 0.3) is 0 Å². The molecule has 0 aromatic rings. The lowest BCUT2D eigenvalue weighted by Gasteiger charge is -2.44. The molecule has 5 atom stereocenters. The Bertz CT molecular complexity index is 463. The van der Waals surface area contributed by atoms with E-state index in [1.54, 1.807) is 20.8 Å². The predicted molar refractivity (Wildman–Crippen MR) is 115 cm³/mol. The van der Waals surface area contributed by atoms with E-state index in [-0.39, 0.29) is 0 Å². The Morgan fingerprint density at radius 1 is 0.867 bits per heavy atom. The van der Waals surface area contributed by atoms with Gasteiger partial charge in [-0.3, -0.25) is 4.79 Å². The van der Waals surface area contributed by atoms with Crippen molar-refractivity contribution in [2.75, 3.05) is 26.4 Å². The molecule has 1 heterocycles. The van der Waals surface area contributed by atoms with Crippen LogP contribution in [0.4, 0.5) is 0 Å². The summed E-state index contributed by atoms with van der Waals surface area (Å²) < 4.78 is 29.5. The van der Waals surface area contributed by atoms with E-state index in [9.17, 15) is 9.90 Å². The molecule has 1 rings (SSSR count). The van der Waals surface area contributed by atoms with Gasteiger partial charge in [-0.25, -0.2) is 0 Å². The monoisotopic (exact) mass is 432 g/mol. The van der Waals surface area contributed by atoms with Crippen molar-refractivity contribution < 1.29 is 33.6 Å². The summed E-state index contributed by atoms with van der Waals surface area (Å²) in [4.78, 5) is 12.5. The van der Waals surface area contributed by atoms with Crippen LogP contribution < -0.4 is 0 Å². The van der Waals surface area contributed by atoms with E-state index in [1.807, 2.05) is 0 Å². The maximum Gasteiger partial charge on any atom is 0.311 e. The Balaban J connectivity index is 3.01. The number of rotatable bonds is 14. The van der Waals surface area contributed by atoms with Crippen LogP contribution in [0.15, 0.2) is 0 Å². The molecule has 1 N–H and O–H groups in total. The maximum absolute atomic E-state index is 12.5. The molecule has 0 aromatic carbocycles. The Morgan fingerprint density at radius 3 is 1.93 bits per heavy atom. The van der Waals surface area contributed by atoms with Crippen LogP contribution in [0.1, 0.15) is 80.1 Å². The van der Waals surface area contributed by atoms with Crippen molar-refractivity contribution in [1.29, 1.82) is 0 Å². The van der Waals surface area contributed by atoms with Crippen molar-refractivity contribution in [3.05, 3.63) is 0 Å². The fourth-order valence-corrected chi connectivity index (χ4v) is 3.02. The van der Waals surface area contributed by atoms with Gasteiger partial charge in [0, 0.05) is 19.8 Å². The molecular weight excluding hydrogens is 388 g/mol. The highest BCUT2D eigenvalue weighted by molar-refractivity contribution is 5.75. The van der Waals surface area contributed by atoms with E-state index in [0.29, 0.717) is 26.4 Å². The Hall–Kier alpha value is -0.730. The standard InChI is InChI=1S/C23H44O7/c1-7-10-13-26-16-17-18(27-14-11-8-2)19(28-15-12-9-3)20(21(24)29-17)30-22(25)23(4,5)6/h17-21,24H,7-16H2,1-6H3/t17?,18-,19?,20?,21?/m1/s1.